The molecule has 104 valence electrons. The molecule has 0 spiro atoms. The molecule has 0 aliphatic carbocycles. The lowest BCUT2D eigenvalue weighted by atomic mass is 10.2. The zero-order chi connectivity index (χ0) is 13.7. The Bertz CT molecular complexity index is 204. The second kappa shape index (κ2) is 6.44. The van der Waals surface area contributed by atoms with Gasteiger partial charge in [-0.05, 0) is 25.9 Å². The fraction of sp³-hybridized carbons (Fsp3) is 1.00. The molecule has 0 aliphatic rings. The summed E-state index contributed by atoms with van der Waals surface area (Å²) in [6, 6.07) is 0. The van der Waals surface area contributed by atoms with Crippen LogP contribution in [0.3, 0.4) is 0 Å². The van der Waals surface area contributed by atoms with E-state index in [1.165, 1.54) is 0 Å². The van der Waals surface area contributed by atoms with E-state index in [0.29, 0.717) is 0 Å². The Balaban J connectivity index is 5.73. The predicted molar refractivity (Wildman–Crippen MR) is 74.5 cm³/mol. The molecule has 0 aromatic carbocycles. The van der Waals surface area contributed by atoms with E-state index < -0.39 is 17.1 Å². The quantitative estimate of drug-likeness (QED) is 0.641. The topological polar surface area (TPSA) is 36.9 Å². The van der Waals surface area contributed by atoms with Gasteiger partial charge in [0.15, 0.2) is 0 Å². The zero-order valence-corrected chi connectivity index (χ0v) is 14.5. The van der Waals surface area contributed by atoms with Crippen molar-refractivity contribution < 1.29 is 17.7 Å². The number of hydrogen-bond acceptors (Lipinski definition) is 4. The van der Waals surface area contributed by atoms with E-state index >= 15 is 0 Å². The normalized spacial score (nSPS) is 14.1. The van der Waals surface area contributed by atoms with Crippen molar-refractivity contribution in [3.05, 3.63) is 0 Å². The summed E-state index contributed by atoms with van der Waals surface area (Å²) in [5.41, 5.74) is 0. The highest BCUT2D eigenvalue weighted by atomic mass is 28.4. The maximum absolute atomic E-state index is 5.78. The molecule has 0 radical (unpaired) electrons. The first kappa shape index (κ1) is 17.3. The van der Waals surface area contributed by atoms with Crippen LogP contribution in [0.1, 0.15) is 26.7 Å². The summed E-state index contributed by atoms with van der Waals surface area (Å²) in [5, 5.41) is 0. The molecular formula is C11H28O4Si2. The Kier molecular flexibility index (Phi) is 6.55. The summed E-state index contributed by atoms with van der Waals surface area (Å²) in [6.07, 6.45) is 1.89. The van der Waals surface area contributed by atoms with E-state index in [1.54, 1.807) is 28.4 Å². The monoisotopic (exact) mass is 280 g/mol. The van der Waals surface area contributed by atoms with Crippen LogP contribution in [0.15, 0.2) is 0 Å². The maximum Gasteiger partial charge on any atom is 0.342 e. The van der Waals surface area contributed by atoms with Crippen LogP contribution in [0.2, 0.25) is 17.8 Å². The van der Waals surface area contributed by atoms with E-state index in [9.17, 15) is 0 Å². The molecule has 0 saturated carbocycles. The first-order chi connectivity index (χ1) is 7.86. The van der Waals surface area contributed by atoms with Gasteiger partial charge in [-0.25, -0.2) is 0 Å². The first-order valence-electron chi connectivity index (χ1n) is 6.07. The van der Waals surface area contributed by atoms with Crippen LogP contribution >= 0.6 is 0 Å². The highest BCUT2D eigenvalue weighted by molar-refractivity contribution is 6.89. The summed E-state index contributed by atoms with van der Waals surface area (Å²) < 4.78 is 23.0. The molecule has 0 N–H and O–H groups in total. The zero-order valence-electron chi connectivity index (χ0n) is 12.5. The number of hydrogen-bond donors (Lipinski definition) is 0. The SMILES string of the molecule is CCC(CC)([Si](C)(OC)OC)[Si](C)(OC)OC. The summed E-state index contributed by atoms with van der Waals surface area (Å²) >= 11 is 0. The van der Waals surface area contributed by atoms with Crippen molar-refractivity contribution in [3.8, 4) is 0 Å². The molecule has 0 fully saturated rings. The van der Waals surface area contributed by atoms with E-state index in [-0.39, 0.29) is 4.66 Å². The van der Waals surface area contributed by atoms with Crippen LogP contribution in [-0.2, 0) is 17.7 Å². The third kappa shape index (κ3) is 2.52. The molecular weight excluding hydrogens is 252 g/mol. The third-order valence-electron chi connectivity index (χ3n) is 4.50. The van der Waals surface area contributed by atoms with Gasteiger partial charge >= 0.3 is 17.1 Å². The Hall–Kier alpha value is 0.274. The fourth-order valence-corrected chi connectivity index (χ4v) is 11.9. The third-order valence-corrected chi connectivity index (χ3v) is 15.2. The van der Waals surface area contributed by atoms with Crippen molar-refractivity contribution >= 4 is 17.1 Å². The molecule has 0 aliphatic heterocycles. The Morgan fingerprint density at radius 1 is 0.706 bits per heavy atom. The average molecular weight is 281 g/mol. The van der Waals surface area contributed by atoms with Gasteiger partial charge in [-0.3, -0.25) is 0 Å². The minimum atomic E-state index is -2.34. The summed E-state index contributed by atoms with van der Waals surface area (Å²) in [7, 11) is 2.24. The van der Waals surface area contributed by atoms with Gasteiger partial charge < -0.3 is 17.7 Å². The molecule has 0 rings (SSSR count). The summed E-state index contributed by atoms with van der Waals surface area (Å²) in [6.45, 7) is 8.53. The minimum absolute atomic E-state index is 0.118. The lowest BCUT2D eigenvalue weighted by Crippen LogP contribution is -2.64. The van der Waals surface area contributed by atoms with Crippen molar-refractivity contribution in [1.82, 2.24) is 0 Å². The van der Waals surface area contributed by atoms with Crippen LogP contribution in [0.4, 0.5) is 0 Å². The lowest BCUT2D eigenvalue weighted by molar-refractivity contribution is 0.175. The Labute approximate surface area is 108 Å². The largest absolute Gasteiger partial charge is 0.397 e. The number of rotatable bonds is 8. The second-order valence-corrected chi connectivity index (χ2v) is 12.3. The lowest BCUT2D eigenvalue weighted by Gasteiger charge is -2.50. The van der Waals surface area contributed by atoms with Crippen LogP contribution in [0.5, 0.6) is 0 Å². The molecule has 0 aromatic rings. The van der Waals surface area contributed by atoms with Crippen molar-refractivity contribution in [2.75, 3.05) is 28.4 Å². The van der Waals surface area contributed by atoms with E-state index in [0.717, 1.165) is 12.8 Å². The van der Waals surface area contributed by atoms with Crippen molar-refractivity contribution in [3.63, 3.8) is 0 Å². The molecule has 0 atom stereocenters. The molecule has 0 saturated heterocycles. The smallest absolute Gasteiger partial charge is 0.342 e. The van der Waals surface area contributed by atoms with Crippen LogP contribution in [0.25, 0.3) is 0 Å². The van der Waals surface area contributed by atoms with Crippen molar-refractivity contribution in [2.45, 2.75) is 44.4 Å². The maximum atomic E-state index is 5.78. The van der Waals surface area contributed by atoms with E-state index in [2.05, 4.69) is 26.9 Å². The summed E-state index contributed by atoms with van der Waals surface area (Å²) in [5.74, 6) is 0. The average Bonchev–Trinajstić information content (AvgIpc) is 2.39. The van der Waals surface area contributed by atoms with Crippen LogP contribution < -0.4 is 0 Å². The van der Waals surface area contributed by atoms with Crippen molar-refractivity contribution in [2.24, 2.45) is 0 Å². The van der Waals surface area contributed by atoms with Gasteiger partial charge in [0.05, 0.1) is 4.66 Å². The first-order valence-corrected chi connectivity index (χ1v) is 10.7. The highest BCUT2D eigenvalue weighted by Gasteiger charge is 2.65. The van der Waals surface area contributed by atoms with Crippen LogP contribution in [0, 0.1) is 0 Å². The molecule has 0 heterocycles. The highest BCUT2D eigenvalue weighted by Crippen LogP contribution is 2.53. The van der Waals surface area contributed by atoms with Gasteiger partial charge in [-0.1, -0.05) is 13.8 Å². The Morgan fingerprint density at radius 2 is 0.941 bits per heavy atom. The molecule has 6 heteroatoms. The minimum Gasteiger partial charge on any atom is -0.397 e. The predicted octanol–water partition coefficient (Wildman–Crippen LogP) is 2.82. The van der Waals surface area contributed by atoms with Gasteiger partial charge in [-0.2, -0.15) is 0 Å². The van der Waals surface area contributed by atoms with Crippen LogP contribution in [-0.4, -0.2) is 45.6 Å². The summed E-state index contributed by atoms with van der Waals surface area (Å²) in [4.78, 5) is 0. The van der Waals surface area contributed by atoms with Gasteiger partial charge in [-0.15, -0.1) is 0 Å². The van der Waals surface area contributed by atoms with E-state index in [4.69, 9.17) is 17.7 Å². The molecule has 17 heavy (non-hydrogen) atoms. The molecule has 0 bridgehead atoms. The van der Waals surface area contributed by atoms with Gasteiger partial charge in [0.25, 0.3) is 0 Å². The molecule has 4 nitrogen and oxygen atoms in total. The Morgan fingerprint density at radius 3 is 1.06 bits per heavy atom. The molecule has 0 unspecified atom stereocenters. The second-order valence-electron chi connectivity index (χ2n) is 4.50. The standard InChI is InChI=1S/C11H28O4Si2/c1-9-11(10-2,16(7,12-3)13-4)17(8,14-5)15-6/h9-10H2,1-8H3. The van der Waals surface area contributed by atoms with Gasteiger partial charge in [0.1, 0.15) is 0 Å². The molecule has 0 amide bonds. The van der Waals surface area contributed by atoms with Gasteiger partial charge in [0, 0.05) is 28.4 Å². The van der Waals surface area contributed by atoms with Gasteiger partial charge in [0.2, 0.25) is 0 Å². The molecule has 0 aromatic heterocycles. The van der Waals surface area contributed by atoms with E-state index in [1.807, 2.05) is 0 Å². The fourth-order valence-electron chi connectivity index (χ4n) is 2.90. The van der Waals surface area contributed by atoms with Crippen molar-refractivity contribution in [1.29, 1.82) is 0 Å².